The number of aryl methyl sites for hydroxylation is 1. The Balaban J connectivity index is 1.98. The molecule has 130 valence electrons. The van der Waals surface area contributed by atoms with E-state index in [0.29, 0.717) is 10.9 Å². The standard InChI is InChI=1S/C17H24N4O2S/c1-5-14(12-7-9-13(23-4)10-8-12)21(3)16(22)11-24-17-18-15(6-2)19-20-17/h7-10,14H,5-6,11H2,1-4H3,(H,18,19,20)/t14-/m1/s1. The summed E-state index contributed by atoms with van der Waals surface area (Å²) in [5, 5.41) is 7.58. The second kappa shape index (κ2) is 8.73. The van der Waals surface area contributed by atoms with E-state index in [4.69, 9.17) is 4.74 Å². The summed E-state index contributed by atoms with van der Waals surface area (Å²) in [4.78, 5) is 18.6. The van der Waals surface area contributed by atoms with Crippen LogP contribution in [0.2, 0.25) is 0 Å². The molecule has 0 spiro atoms. The van der Waals surface area contributed by atoms with Crippen molar-refractivity contribution in [1.29, 1.82) is 0 Å². The number of carbonyl (C=O) groups is 1. The van der Waals surface area contributed by atoms with Crippen molar-refractivity contribution in [3.63, 3.8) is 0 Å². The van der Waals surface area contributed by atoms with Gasteiger partial charge < -0.3 is 9.64 Å². The number of hydrogen-bond acceptors (Lipinski definition) is 5. The minimum atomic E-state index is 0.0438. The lowest BCUT2D eigenvalue weighted by Gasteiger charge is -2.27. The van der Waals surface area contributed by atoms with Gasteiger partial charge in [-0.25, -0.2) is 4.98 Å². The molecule has 2 rings (SSSR count). The van der Waals surface area contributed by atoms with Crippen molar-refractivity contribution >= 4 is 17.7 Å². The third kappa shape index (κ3) is 4.50. The van der Waals surface area contributed by atoms with Crippen LogP contribution in [0, 0.1) is 0 Å². The van der Waals surface area contributed by atoms with E-state index in [1.807, 2.05) is 38.2 Å². The number of aromatic nitrogens is 3. The van der Waals surface area contributed by atoms with Crippen molar-refractivity contribution in [2.45, 2.75) is 37.9 Å². The molecule has 0 fully saturated rings. The summed E-state index contributed by atoms with van der Waals surface area (Å²) in [7, 11) is 3.49. The Morgan fingerprint density at radius 1 is 1.33 bits per heavy atom. The number of benzene rings is 1. The maximum absolute atomic E-state index is 12.5. The minimum Gasteiger partial charge on any atom is -0.497 e. The van der Waals surface area contributed by atoms with E-state index in [9.17, 15) is 4.79 Å². The van der Waals surface area contributed by atoms with E-state index in [-0.39, 0.29) is 11.9 Å². The molecule has 24 heavy (non-hydrogen) atoms. The van der Waals surface area contributed by atoms with Gasteiger partial charge in [0, 0.05) is 13.5 Å². The van der Waals surface area contributed by atoms with Crippen LogP contribution in [-0.4, -0.2) is 45.9 Å². The van der Waals surface area contributed by atoms with Gasteiger partial charge in [0.15, 0.2) is 0 Å². The van der Waals surface area contributed by atoms with Gasteiger partial charge in [0.1, 0.15) is 11.6 Å². The van der Waals surface area contributed by atoms with Crippen molar-refractivity contribution in [2.75, 3.05) is 19.9 Å². The molecular formula is C17H24N4O2S. The number of amides is 1. The highest BCUT2D eigenvalue weighted by atomic mass is 32.2. The van der Waals surface area contributed by atoms with Gasteiger partial charge in [0.25, 0.3) is 0 Å². The first kappa shape index (κ1) is 18.3. The number of H-pyrrole nitrogens is 1. The largest absolute Gasteiger partial charge is 0.497 e. The lowest BCUT2D eigenvalue weighted by molar-refractivity contribution is -0.129. The number of rotatable bonds is 8. The van der Waals surface area contributed by atoms with Crippen molar-refractivity contribution in [3.8, 4) is 5.75 Å². The molecule has 0 unspecified atom stereocenters. The van der Waals surface area contributed by atoms with E-state index in [2.05, 4.69) is 22.1 Å². The Bertz CT molecular complexity index is 657. The smallest absolute Gasteiger partial charge is 0.233 e. The first-order chi connectivity index (χ1) is 11.6. The van der Waals surface area contributed by atoms with E-state index in [1.165, 1.54) is 11.8 Å². The van der Waals surface area contributed by atoms with Crippen LogP contribution in [0.4, 0.5) is 0 Å². The van der Waals surface area contributed by atoms with E-state index >= 15 is 0 Å². The maximum Gasteiger partial charge on any atom is 0.233 e. The summed E-state index contributed by atoms with van der Waals surface area (Å²) < 4.78 is 5.19. The predicted molar refractivity (Wildman–Crippen MR) is 95.3 cm³/mol. The Labute approximate surface area is 147 Å². The average molecular weight is 348 g/mol. The van der Waals surface area contributed by atoms with E-state index < -0.39 is 0 Å². The summed E-state index contributed by atoms with van der Waals surface area (Å²) in [6.45, 7) is 4.09. The molecule has 0 aliphatic rings. The predicted octanol–water partition coefficient (Wildman–Crippen LogP) is 3.08. The second-order valence-electron chi connectivity index (χ2n) is 5.41. The molecule has 0 bridgehead atoms. The molecule has 1 amide bonds. The molecule has 0 radical (unpaired) electrons. The normalized spacial score (nSPS) is 12.0. The van der Waals surface area contributed by atoms with Gasteiger partial charge in [0.2, 0.25) is 11.1 Å². The zero-order valence-corrected chi connectivity index (χ0v) is 15.4. The van der Waals surface area contributed by atoms with Crippen LogP contribution in [0.3, 0.4) is 0 Å². The maximum atomic E-state index is 12.5. The summed E-state index contributed by atoms with van der Waals surface area (Å²) >= 11 is 1.36. The number of aromatic amines is 1. The highest BCUT2D eigenvalue weighted by Crippen LogP contribution is 2.26. The molecule has 1 N–H and O–H groups in total. The summed E-state index contributed by atoms with van der Waals surface area (Å²) in [6, 6.07) is 7.90. The molecule has 0 saturated carbocycles. The number of thioether (sulfide) groups is 1. The van der Waals surface area contributed by atoms with Crippen LogP contribution in [0.1, 0.15) is 37.7 Å². The molecular weight excluding hydrogens is 324 g/mol. The first-order valence-corrected chi connectivity index (χ1v) is 9.01. The van der Waals surface area contributed by atoms with Crippen molar-refractivity contribution in [3.05, 3.63) is 35.7 Å². The van der Waals surface area contributed by atoms with Crippen LogP contribution in [-0.2, 0) is 11.2 Å². The van der Waals surface area contributed by atoms with Gasteiger partial charge in [-0.1, -0.05) is 37.7 Å². The average Bonchev–Trinajstić information content (AvgIpc) is 3.09. The van der Waals surface area contributed by atoms with Crippen molar-refractivity contribution < 1.29 is 9.53 Å². The molecule has 0 aliphatic carbocycles. The van der Waals surface area contributed by atoms with Gasteiger partial charge in [-0.2, -0.15) is 0 Å². The van der Waals surface area contributed by atoms with Crippen molar-refractivity contribution in [1.82, 2.24) is 20.1 Å². The minimum absolute atomic E-state index is 0.0438. The Morgan fingerprint density at radius 3 is 2.58 bits per heavy atom. The topological polar surface area (TPSA) is 71.1 Å². The number of ether oxygens (including phenoxy) is 1. The fraction of sp³-hybridized carbons (Fsp3) is 0.471. The van der Waals surface area contributed by atoms with E-state index in [0.717, 1.165) is 30.0 Å². The molecule has 1 aromatic carbocycles. The van der Waals surface area contributed by atoms with Crippen LogP contribution >= 0.6 is 11.8 Å². The molecule has 7 heteroatoms. The number of nitrogens with one attached hydrogen (secondary N) is 1. The Hall–Kier alpha value is -2.02. The number of carbonyl (C=O) groups excluding carboxylic acids is 1. The monoisotopic (exact) mass is 348 g/mol. The highest BCUT2D eigenvalue weighted by molar-refractivity contribution is 7.99. The molecule has 1 heterocycles. The Kier molecular flexibility index (Phi) is 6.66. The fourth-order valence-electron chi connectivity index (χ4n) is 2.46. The van der Waals surface area contributed by atoms with Crippen LogP contribution in [0.5, 0.6) is 5.75 Å². The van der Waals surface area contributed by atoms with E-state index in [1.54, 1.807) is 12.0 Å². The SMILES string of the molecule is CCc1nc(SCC(=O)N(C)[C@H](CC)c2ccc(OC)cc2)n[nH]1. The molecule has 0 saturated heterocycles. The Morgan fingerprint density at radius 2 is 2.04 bits per heavy atom. The zero-order chi connectivity index (χ0) is 17.5. The molecule has 1 aromatic heterocycles. The number of nitrogens with zero attached hydrogens (tertiary/aromatic N) is 3. The summed E-state index contributed by atoms with van der Waals surface area (Å²) in [6.07, 6.45) is 1.65. The quantitative estimate of drug-likeness (QED) is 0.742. The lowest BCUT2D eigenvalue weighted by Crippen LogP contribution is -2.32. The van der Waals surface area contributed by atoms with Crippen LogP contribution in [0.25, 0.3) is 0 Å². The second-order valence-corrected chi connectivity index (χ2v) is 6.35. The van der Waals surface area contributed by atoms with Gasteiger partial charge in [0.05, 0.1) is 18.9 Å². The van der Waals surface area contributed by atoms with Gasteiger partial charge >= 0.3 is 0 Å². The van der Waals surface area contributed by atoms with Crippen molar-refractivity contribution in [2.24, 2.45) is 0 Å². The van der Waals surface area contributed by atoms with Crippen LogP contribution in [0.15, 0.2) is 29.4 Å². The fourth-order valence-corrected chi connectivity index (χ4v) is 3.20. The number of methoxy groups -OCH3 is 1. The lowest BCUT2D eigenvalue weighted by atomic mass is 10.0. The summed E-state index contributed by atoms with van der Waals surface area (Å²) in [5.41, 5.74) is 1.10. The van der Waals surface area contributed by atoms with Gasteiger partial charge in [-0.05, 0) is 24.1 Å². The summed E-state index contributed by atoms with van der Waals surface area (Å²) in [5.74, 6) is 2.03. The van der Waals surface area contributed by atoms with Gasteiger partial charge in [-0.15, -0.1) is 5.10 Å². The van der Waals surface area contributed by atoms with Gasteiger partial charge in [-0.3, -0.25) is 9.89 Å². The third-order valence-corrected chi connectivity index (χ3v) is 4.75. The molecule has 6 nitrogen and oxygen atoms in total. The molecule has 1 atom stereocenters. The third-order valence-electron chi connectivity index (χ3n) is 3.92. The zero-order valence-electron chi connectivity index (χ0n) is 14.6. The molecule has 2 aromatic rings. The first-order valence-electron chi connectivity index (χ1n) is 8.02. The molecule has 0 aliphatic heterocycles. The number of hydrogen-bond donors (Lipinski definition) is 1. The highest BCUT2D eigenvalue weighted by Gasteiger charge is 2.20. The van der Waals surface area contributed by atoms with Crippen LogP contribution < -0.4 is 4.74 Å².